The number of hydrogen-bond donors (Lipinski definition) is 8. The second kappa shape index (κ2) is 15.1. The quantitative estimate of drug-likeness (QED) is 0.100. The number of aromatic hydroxyl groups is 5. The molecule has 292 valence electrons. The van der Waals surface area contributed by atoms with Crippen LogP contribution in [0, 0.1) is 11.8 Å². The Bertz CT molecular complexity index is 2300. The number of aliphatic hydroxyl groups is 3. The third-order valence-electron chi connectivity index (χ3n) is 10.2. The minimum Gasteiger partial charge on any atom is -0.508 e. The summed E-state index contributed by atoms with van der Waals surface area (Å²) in [4.78, 5) is 41.0. The van der Waals surface area contributed by atoms with Crippen molar-refractivity contribution in [2.45, 2.75) is 42.5 Å². The first kappa shape index (κ1) is 38.0. The van der Waals surface area contributed by atoms with Gasteiger partial charge in [0.05, 0.1) is 18.9 Å². The average molecular weight is 773 g/mol. The Balaban J connectivity index is 1.17. The predicted molar refractivity (Wildman–Crippen MR) is 192 cm³/mol. The zero-order valence-corrected chi connectivity index (χ0v) is 29.3. The average Bonchev–Trinajstić information content (AvgIpc) is 3.16. The maximum atomic E-state index is 13.9. The number of hydrogen-bond acceptors (Lipinski definition) is 16. The third-order valence-corrected chi connectivity index (χ3v) is 10.2. The standard InChI is InChI=1S/C40H36O16/c1-52-38(50)30-27(17-2-8-20(41)9-3-17)28(18-4-10-21(42)11-5-18)31(30)39(51)53-16-26-32(46)34(48)35(49)40(55-26)56-37-33(47)29-24(45)14-23(44)15-25(29)54-36(37)19-6-12-22(43)13-7-19/h2-15,26-28,30-32,34-35,40-46,48-49H,16H2,1H3/t26?,27-,28-,30+,31+,32-,34-,35+,40-/m0/s1. The normalized spacial score (nSPS) is 25.9. The minimum atomic E-state index is -1.99. The summed E-state index contributed by atoms with van der Waals surface area (Å²) in [6.07, 6.45) is -9.31. The molecule has 1 unspecified atom stereocenters. The molecule has 4 aromatic carbocycles. The van der Waals surface area contributed by atoms with Crippen molar-refractivity contribution >= 4 is 22.9 Å². The molecule has 2 fully saturated rings. The van der Waals surface area contributed by atoms with Crippen molar-refractivity contribution < 1.29 is 73.8 Å². The molecule has 9 atom stereocenters. The highest BCUT2D eigenvalue weighted by Crippen LogP contribution is 2.59. The van der Waals surface area contributed by atoms with Gasteiger partial charge in [-0.05, 0) is 59.7 Å². The lowest BCUT2D eigenvalue weighted by Gasteiger charge is -2.49. The molecule has 8 N–H and O–H groups in total. The molecule has 5 aromatic rings. The Morgan fingerprint density at radius 3 is 1.77 bits per heavy atom. The van der Waals surface area contributed by atoms with Crippen LogP contribution in [0.25, 0.3) is 22.3 Å². The van der Waals surface area contributed by atoms with Crippen LogP contribution in [0.4, 0.5) is 0 Å². The van der Waals surface area contributed by atoms with E-state index < -0.39 is 101 Å². The third kappa shape index (κ3) is 6.90. The van der Waals surface area contributed by atoms with Gasteiger partial charge in [0.1, 0.15) is 70.7 Å². The van der Waals surface area contributed by atoms with Crippen LogP contribution >= 0.6 is 0 Å². The summed E-state index contributed by atoms with van der Waals surface area (Å²) in [5.74, 6) is -7.35. The van der Waals surface area contributed by atoms with E-state index in [1.165, 1.54) is 55.6 Å². The Labute approximate surface area is 316 Å². The number of aliphatic hydroxyl groups excluding tert-OH is 3. The molecular weight excluding hydrogens is 736 g/mol. The van der Waals surface area contributed by atoms with Crippen LogP contribution in [0.1, 0.15) is 23.0 Å². The second-order valence-electron chi connectivity index (χ2n) is 13.5. The van der Waals surface area contributed by atoms with Gasteiger partial charge >= 0.3 is 11.9 Å². The smallest absolute Gasteiger partial charge is 0.310 e. The number of esters is 2. The number of benzene rings is 4. The van der Waals surface area contributed by atoms with Crippen LogP contribution in [-0.4, -0.2) is 97.2 Å². The molecule has 56 heavy (non-hydrogen) atoms. The van der Waals surface area contributed by atoms with E-state index in [9.17, 15) is 55.2 Å². The lowest BCUT2D eigenvalue weighted by molar-refractivity contribution is -0.279. The van der Waals surface area contributed by atoms with Gasteiger partial charge in [0.25, 0.3) is 0 Å². The van der Waals surface area contributed by atoms with Crippen molar-refractivity contribution in [3.8, 4) is 45.8 Å². The maximum absolute atomic E-state index is 13.9. The molecule has 1 aliphatic carbocycles. The summed E-state index contributed by atoms with van der Waals surface area (Å²) >= 11 is 0. The van der Waals surface area contributed by atoms with E-state index in [0.29, 0.717) is 11.1 Å². The van der Waals surface area contributed by atoms with Crippen LogP contribution in [0.15, 0.2) is 94.1 Å². The second-order valence-corrected chi connectivity index (χ2v) is 13.5. The van der Waals surface area contributed by atoms with Gasteiger partial charge in [-0.3, -0.25) is 14.4 Å². The molecule has 0 bridgehead atoms. The highest BCUT2D eigenvalue weighted by atomic mass is 16.7. The van der Waals surface area contributed by atoms with Crippen LogP contribution in [0.5, 0.6) is 34.5 Å². The topological polar surface area (TPSA) is 263 Å². The van der Waals surface area contributed by atoms with E-state index in [2.05, 4.69) is 0 Å². The molecule has 0 amide bonds. The number of ether oxygens (including phenoxy) is 4. The Hall–Kier alpha value is -6.33. The Kier molecular flexibility index (Phi) is 10.2. The van der Waals surface area contributed by atoms with E-state index in [-0.39, 0.29) is 34.2 Å². The van der Waals surface area contributed by atoms with Crippen LogP contribution in [-0.2, 0) is 23.8 Å². The fourth-order valence-corrected chi connectivity index (χ4v) is 7.40. The number of fused-ring (bicyclic) bond motifs is 1. The zero-order valence-electron chi connectivity index (χ0n) is 29.3. The number of rotatable bonds is 9. The number of carbonyl (C=O) groups is 2. The van der Waals surface area contributed by atoms with Gasteiger partial charge in [-0.25, -0.2) is 0 Å². The molecule has 0 radical (unpaired) electrons. The first-order valence-corrected chi connectivity index (χ1v) is 17.3. The first-order chi connectivity index (χ1) is 26.8. The van der Waals surface area contributed by atoms with Crippen molar-refractivity contribution in [3.05, 3.63) is 106 Å². The fraction of sp³-hybridized carbons (Fsp3) is 0.275. The van der Waals surface area contributed by atoms with E-state index in [0.717, 1.165) is 12.1 Å². The monoisotopic (exact) mass is 772 g/mol. The first-order valence-electron chi connectivity index (χ1n) is 17.3. The fourth-order valence-electron chi connectivity index (χ4n) is 7.40. The van der Waals surface area contributed by atoms with Crippen molar-refractivity contribution in [2.24, 2.45) is 11.8 Å². The lowest BCUT2D eigenvalue weighted by Crippen LogP contribution is -2.60. The predicted octanol–water partition coefficient (Wildman–Crippen LogP) is 2.70. The summed E-state index contributed by atoms with van der Waals surface area (Å²) in [5, 5.41) is 82.6. The van der Waals surface area contributed by atoms with E-state index in [1.807, 2.05) is 0 Å². The van der Waals surface area contributed by atoms with Gasteiger partial charge in [-0.15, -0.1) is 0 Å². The summed E-state index contributed by atoms with van der Waals surface area (Å²) in [7, 11) is 1.17. The van der Waals surface area contributed by atoms with E-state index in [1.54, 1.807) is 24.3 Å². The molecular formula is C40H36O16. The van der Waals surface area contributed by atoms with Crippen molar-refractivity contribution in [1.82, 2.24) is 0 Å². The molecule has 1 saturated carbocycles. The van der Waals surface area contributed by atoms with Crippen LogP contribution < -0.4 is 10.2 Å². The van der Waals surface area contributed by atoms with Gasteiger partial charge < -0.3 is 64.2 Å². The molecule has 7 rings (SSSR count). The van der Waals surface area contributed by atoms with Crippen molar-refractivity contribution in [3.63, 3.8) is 0 Å². The Morgan fingerprint density at radius 1 is 0.679 bits per heavy atom. The van der Waals surface area contributed by atoms with Gasteiger partial charge in [-0.1, -0.05) is 24.3 Å². The number of phenols is 5. The molecule has 1 aromatic heterocycles. The van der Waals surface area contributed by atoms with Crippen molar-refractivity contribution in [2.75, 3.05) is 13.7 Å². The molecule has 16 heteroatoms. The number of carbonyl (C=O) groups excluding carboxylic acids is 2. The SMILES string of the molecule is COC(=O)[C@H]1[C@H](C(=O)OCC2O[C@@H](Oc3c(-c4ccc(O)cc4)oc4cc(O)cc(O)c4c3=O)[C@H](O)[C@@H](O)[C@H]2O)[C@@H](c2ccc(O)cc2)[C@@H]1c1ccc(O)cc1. The summed E-state index contributed by atoms with van der Waals surface area (Å²) < 4.78 is 28.2. The van der Waals surface area contributed by atoms with Gasteiger partial charge in [0.2, 0.25) is 17.5 Å². The maximum Gasteiger partial charge on any atom is 0.310 e. The molecule has 2 heterocycles. The largest absolute Gasteiger partial charge is 0.508 e. The van der Waals surface area contributed by atoms with E-state index >= 15 is 0 Å². The Morgan fingerprint density at radius 2 is 1.21 bits per heavy atom. The molecule has 16 nitrogen and oxygen atoms in total. The molecule has 1 saturated heterocycles. The van der Waals surface area contributed by atoms with Crippen molar-refractivity contribution in [1.29, 1.82) is 0 Å². The summed E-state index contributed by atoms with van der Waals surface area (Å²) in [6, 6.07) is 19.4. The van der Waals surface area contributed by atoms with Gasteiger partial charge in [0.15, 0.2) is 5.76 Å². The van der Waals surface area contributed by atoms with Gasteiger partial charge in [0, 0.05) is 29.5 Å². The summed E-state index contributed by atoms with van der Waals surface area (Å²) in [5.41, 5.74) is 0.133. The number of phenolic OH excluding ortho intramolecular Hbond substituents is 5. The minimum absolute atomic E-state index is 0.0167. The highest BCUT2D eigenvalue weighted by molar-refractivity contribution is 5.89. The van der Waals surface area contributed by atoms with E-state index in [4.69, 9.17) is 23.4 Å². The molecule has 1 aliphatic heterocycles. The molecule has 2 aliphatic rings. The van der Waals surface area contributed by atoms with Crippen LogP contribution in [0.3, 0.4) is 0 Å². The van der Waals surface area contributed by atoms with Gasteiger partial charge in [-0.2, -0.15) is 0 Å². The number of methoxy groups -OCH3 is 1. The molecule has 0 spiro atoms. The zero-order chi connectivity index (χ0) is 40.0. The lowest BCUT2D eigenvalue weighted by atomic mass is 9.52. The van der Waals surface area contributed by atoms with Crippen LogP contribution in [0.2, 0.25) is 0 Å². The summed E-state index contributed by atoms with van der Waals surface area (Å²) in [6.45, 7) is -0.739. The highest BCUT2D eigenvalue weighted by Gasteiger charge is 2.60.